The zero-order valence-corrected chi connectivity index (χ0v) is 12.7. The zero-order chi connectivity index (χ0) is 16.6. The van der Waals surface area contributed by atoms with Crippen molar-refractivity contribution < 1.29 is 19.1 Å². The van der Waals surface area contributed by atoms with Gasteiger partial charge in [-0.3, -0.25) is 4.79 Å². The number of carboxylic acid groups (broad SMARTS) is 1. The summed E-state index contributed by atoms with van der Waals surface area (Å²) in [5, 5.41) is 12.2. The van der Waals surface area contributed by atoms with E-state index in [0.29, 0.717) is 29.0 Å². The molecule has 1 aliphatic rings. The van der Waals surface area contributed by atoms with Crippen molar-refractivity contribution in [3.63, 3.8) is 0 Å². The molecule has 23 heavy (non-hydrogen) atoms. The van der Waals surface area contributed by atoms with E-state index in [1.54, 1.807) is 24.3 Å². The van der Waals surface area contributed by atoms with E-state index in [0.717, 1.165) is 5.56 Å². The van der Waals surface area contributed by atoms with Gasteiger partial charge in [0.2, 0.25) is 0 Å². The molecule has 4 nitrogen and oxygen atoms in total. The number of hydrogen-bond acceptors (Lipinski definition) is 2. The van der Waals surface area contributed by atoms with Gasteiger partial charge in [-0.25, -0.2) is 9.18 Å². The number of carbonyl (C=O) groups excluding carboxylic acids is 1. The summed E-state index contributed by atoms with van der Waals surface area (Å²) in [6.45, 7) is 0. The van der Waals surface area contributed by atoms with E-state index in [1.165, 1.54) is 12.1 Å². The van der Waals surface area contributed by atoms with Crippen molar-refractivity contribution >= 4 is 23.5 Å². The fourth-order valence-electron chi connectivity index (χ4n) is 2.82. The molecule has 1 atom stereocenters. The predicted molar refractivity (Wildman–Crippen MR) is 83.3 cm³/mol. The van der Waals surface area contributed by atoms with Gasteiger partial charge in [-0.1, -0.05) is 23.7 Å². The fourth-order valence-corrected chi connectivity index (χ4v) is 3.04. The molecule has 0 aromatic heterocycles. The lowest BCUT2D eigenvalue weighted by molar-refractivity contribution is 0.0691. The average molecular weight is 334 g/mol. The number of benzene rings is 2. The molecule has 6 heteroatoms. The Labute approximate surface area is 136 Å². The van der Waals surface area contributed by atoms with Gasteiger partial charge in [0.15, 0.2) is 0 Å². The summed E-state index contributed by atoms with van der Waals surface area (Å²) in [6.07, 6.45) is 1.17. The monoisotopic (exact) mass is 333 g/mol. The van der Waals surface area contributed by atoms with Crippen LogP contribution in [0, 0.1) is 5.82 Å². The van der Waals surface area contributed by atoms with Crippen molar-refractivity contribution in [2.45, 2.75) is 18.9 Å². The third-order valence-electron chi connectivity index (χ3n) is 3.96. The number of carbonyl (C=O) groups is 2. The molecule has 1 unspecified atom stereocenters. The van der Waals surface area contributed by atoms with Gasteiger partial charge < -0.3 is 10.4 Å². The van der Waals surface area contributed by atoms with Gasteiger partial charge in [0.05, 0.1) is 22.2 Å². The Balaban J connectivity index is 1.88. The minimum Gasteiger partial charge on any atom is -0.478 e. The second-order valence-corrected chi connectivity index (χ2v) is 5.79. The van der Waals surface area contributed by atoms with E-state index < -0.39 is 11.8 Å². The van der Waals surface area contributed by atoms with Gasteiger partial charge in [0, 0.05) is 0 Å². The van der Waals surface area contributed by atoms with Crippen LogP contribution in [0.5, 0.6) is 0 Å². The minimum absolute atomic E-state index is 0.338. The molecule has 2 N–H and O–H groups in total. The first-order valence-electron chi connectivity index (χ1n) is 7.08. The zero-order valence-electron chi connectivity index (χ0n) is 12.0. The van der Waals surface area contributed by atoms with Crippen LogP contribution in [0.1, 0.15) is 44.3 Å². The summed E-state index contributed by atoms with van der Waals surface area (Å²) in [6, 6.07) is 8.86. The molecule has 0 radical (unpaired) electrons. The number of aromatic carboxylic acids is 1. The summed E-state index contributed by atoms with van der Waals surface area (Å²) < 4.78 is 13.7. The van der Waals surface area contributed by atoms with Gasteiger partial charge in [0.1, 0.15) is 5.82 Å². The van der Waals surface area contributed by atoms with Crippen LogP contribution >= 0.6 is 11.6 Å². The lowest BCUT2D eigenvalue weighted by atomic mass is 10.0. The molecular formula is C17H13ClFNO3. The Morgan fingerprint density at radius 2 is 1.96 bits per heavy atom. The number of nitrogens with one attached hydrogen (secondary N) is 1. The Hall–Kier alpha value is -2.40. The molecule has 0 saturated carbocycles. The molecule has 0 bridgehead atoms. The lowest BCUT2D eigenvalue weighted by Crippen LogP contribution is -2.27. The third-order valence-corrected chi connectivity index (χ3v) is 4.29. The first-order chi connectivity index (χ1) is 11.0. The van der Waals surface area contributed by atoms with Gasteiger partial charge in [-0.15, -0.1) is 0 Å². The second kappa shape index (κ2) is 6.01. The molecule has 118 valence electrons. The number of rotatable bonds is 3. The van der Waals surface area contributed by atoms with E-state index in [-0.39, 0.29) is 17.5 Å². The molecule has 0 heterocycles. The molecule has 0 saturated heterocycles. The third kappa shape index (κ3) is 2.92. The molecule has 2 aromatic rings. The van der Waals surface area contributed by atoms with Crippen molar-refractivity contribution in [2.24, 2.45) is 0 Å². The molecule has 3 rings (SSSR count). The highest BCUT2D eigenvalue weighted by Gasteiger charge is 2.27. The summed E-state index contributed by atoms with van der Waals surface area (Å²) >= 11 is 6.00. The SMILES string of the molecule is O=C(O)c1cc2c(cc1F)CCC2NC(=O)c1ccccc1Cl. The topological polar surface area (TPSA) is 66.4 Å². The van der Waals surface area contributed by atoms with E-state index in [2.05, 4.69) is 5.32 Å². The maximum Gasteiger partial charge on any atom is 0.338 e. The molecule has 1 aliphatic carbocycles. The Bertz CT molecular complexity index is 806. The van der Waals surface area contributed by atoms with Crippen molar-refractivity contribution in [3.8, 4) is 0 Å². The summed E-state index contributed by atoms with van der Waals surface area (Å²) in [5.74, 6) is -2.42. The molecule has 2 aromatic carbocycles. The van der Waals surface area contributed by atoms with Crippen LogP contribution in [0.15, 0.2) is 36.4 Å². The average Bonchev–Trinajstić information content (AvgIpc) is 2.88. The summed E-state index contributed by atoms with van der Waals surface area (Å²) in [7, 11) is 0. The van der Waals surface area contributed by atoms with E-state index in [4.69, 9.17) is 16.7 Å². The second-order valence-electron chi connectivity index (χ2n) is 5.38. The first-order valence-corrected chi connectivity index (χ1v) is 7.46. The number of aryl methyl sites for hydroxylation is 1. The van der Waals surface area contributed by atoms with Crippen LogP contribution in [0.2, 0.25) is 5.02 Å². The number of carboxylic acids is 1. The number of fused-ring (bicyclic) bond motifs is 1. The predicted octanol–water partition coefficient (Wildman–Crippen LogP) is 3.59. The Kier molecular flexibility index (Phi) is 4.05. The Morgan fingerprint density at radius 1 is 1.22 bits per heavy atom. The molecule has 0 fully saturated rings. The van der Waals surface area contributed by atoms with Crippen LogP contribution in [0.25, 0.3) is 0 Å². The fraction of sp³-hybridized carbons (Fsp3) is 0.176. The maximum atomic E-state index is 13.7. The largest absolute Gasteiger partial charge is 0.478 e. The first kappa shape index (κ1) is 15.5. The van der Waals surface area contributed by atoms with Crippen molar-refractivity contribution in [1.82, 2.24) is 5.32 Å². The normalized spacial score (nSPS) is 16.0. The van der Waals surface area contributed by atoms with Crippen LogP contribution in [0.3, 0.4) is 0 Å². The lowest BCUT2D eigenvalue weighted by Gasteiger charge is -2.15. The number of hydrogen-bond donors (Lipinski definition) is 2. The van der Waals surface area contributed by atoms with Gasteiger partial charge in [-0.2, -0.15) is 0 Å². The van der Waals surface area contributed by atoms with Gasteiger partial charge in [0.25, 0.3) is 5.91 Å². The highest BCUT2D eigenvalue weighted by atomic mass is 35.5. The van der Waals surface area contributed by atoms with Crippen molar-refractivity contribution in [3.05, 3.63) is 69.5 Å². The van der Waals surface area contributed by atoms with Crippen LogP contribution in [-0.4, -0.2) is 17.0 Å². The molecule has 0 aliphatic heterocycles. The molecular weight excluding hydrogens is 321 g/mol. The standard InChI is InChI=1S/C17H13ClFNO3/c18-13-4-2-1-3-10(13)16(21)20-15-6-5-9-7-14(19)12(17(22)23)8-11(9)15/h1-4,7-8,15H,5-6H2,(H,20,21)(H,22,23). The van der Waals surface area contributed by atoms with Crippen molar-refractivity contribution in [2.75, 3.05) is 0 Å². The van der Waals surface area contributed by atoms with Gasteiger partial charge >= 0.3 is 5.97 Å². The van der Waals surface area contributed by atoms with Gasteiger partial charge in [-0.05, 0) is 48.2 Å². The van der Waals surface area contributed by atoms with Crippen molar-refractivity contribution in [1.29, 1.82) is 0 Å². The summed E-state index contributed by atoms with van der Waals surface area (Å²) in [4.78, 5) is 23.4. The number of halogens is 2. The Morgan fingerprint density at radius 3 is 2.65 bits per heavy atom. The highest BCUT2D eigenvalue weighted by molar-refractivity contribution is 6.33. The van der Waals surface area contributed by atoms with Crippen LogP contribution in [-0.2, 0) is 6.42 Å². The highest BCUT2D eigenvalue weighted by Crippen LogP contribution is 2.33. The van der Waals surface area contributed by atoms with E-state index >= 15 is 0 Å². The number of amides is 1. The van der Waals surface area contributed by atoms with E-state index in [9.17, 15) is 14.0 Å². The van der Waals surface area contributed by atoms with Crippen LogP contribution in [0.4, 0.5) is 4.39 Å². The molecule has 1 amide bonds. The molecule has 0 spiro atoms. The summed E-state index contributed by atoms with van der Waals surface area (Å²) in [5.41, 5.74) is 1.33. The maximum absolute atomic E-state index is 13.7. The van der Waals surface area contributed by atoms with E-state index in [1.807, 2.05) is 0 Å². The minimum atomic E-state index is -1.33. The smallest absolute Gasteiger partial charge is 0.338 e. The van der Waals surface area contributed by atoms with Crippen LogP contribution < -0.4 is 5.32 Å². The quantitative estimate of drug-likeness (QED) is 0.902.